The summed E-state index contributed by atoms with van der Waals surface area (Å²) in [6.45, 7) is -0.200. The van der Waals surface area contributed by atoms with E-state index in [1.807, 2.05) is 0 Å². The molecular formula is C3H3N3O4. The number of nitro groups is 1. The first kappa shape index (κ1) is 6.59. The highest BCUT2D eigenvalue weighted by Crippen LogP contribution is 2.04. The molecule has 54 valence electrons. The molecule has 7 heteroatoms. The number of nitrogens with zero attached hydrogens (tertiary/aromatic N) is 3. The summed E-state index contributed by atoms with van der Waals surface area (Å²) >= 11 is 0. The lowest BCUT2D eigenvalue weighted by Gasteiger charge is -1.91. The van der Waals surface area contributed by atoms with E-state index in [1.165, 1.54) is 0 Å². The van der Waals surface area contributed by atoms with Crippen LogP contribution in [0, 0.1) is 15.0 Å². The Labute approximate surface area is 54.8 Å². The molecule has 1 heterocycles. The summed E-state index contributed by atoms with van der Waals surface area (Å²) in [6, 6.07) is -0.443. The number of nitroso groups, excluding NO2 is 1. The number of aliphatic imine (C=N–C) groups is 1. The van der Waals surface area contributed by atoms with Crippen molar-refractivity contribution in [2.75, 3.05) is 6.61 Å². The minimum absolute atomic E-state index is 0.200. The molecule has 1 aliphatic rings. The quantitative estimate of drug-likeness (QED) is 0.288. The van der Waals surface area contributed by atoms with Crippen LogP contribution in [0.3, 0.4) is 0 Å². The summed E-state index contributed by atoms with van der Waals surface area (Å²) in [4.78, 5) is 22.2. The fourth-order valence-electron chi connectivity index (χ4n) is 0.509. The average molecular weight is 145 g/mol. The highest BCUT2D eigenvalue weighted by molar-refractivity contribution is 5.75. The maximum Gasteiger partial charge on any atom is 0.357 e. The predicted octanol–water partition coefficient (Wildman–Crippen LogP) is -0.258. The second kappa shape index (κ2) is 2.38. The third-order valence-electron chi connectivity index (χ3n) is 0.942. The topological polar surface area (TPSA) is 94.2 Å². The Hall–Kier alpha value is -1.53. The smallest absolute Gasteiger partial charge is 0.357 e. The average Bonchev–Trinajstić information content (AvgIpc) is 2.34. The van der Waals surface area contributed by atoms with Gasteiger partial charge in [0.2, 0.25) is 0 Å². The second-order valence-electron chi connectivity index (χ2n) is 1.58. The fourth-order valence-corrected chi connectivity index (χ4v) is 0.509. The minimum atomic E-state index is -1.16. The molecule has 1 atom stereocenters. The van der Waals surface area contributed by atoms with Gasteiger partial charge < -0.3 is 4.74 Å². The number of amidine groups is 1. The van der Waals surface area contributed by atoms with Crippen LogP contribution in [0.5, 0.6) is 0 Å². The van der Waals surface area contributed by atoms with Crippen LogP contribution in [-0.4, -0.2) is 23.7 Å². The van der Waals surface area contributed by atoms with E-state index in [-0.39, 0.29) is 6.61 Å². The lowest BCUT2D eigenvalue weighted by molar-refractivity contribution is -0.519. The predicted molar refractivity (Wildman–Crippen MR) is 30.0 cm³/mol. The zero-order valence-electron chi connectivity index (χ0n) is 4.76. The SMILES string of the molecule is O=NC1=NC([N+](=O)[O-])CO1. The van der Waals surface area contributed by atoms with Gasteiger partial charge in [-0.3, -0.25) is 10.1 Å². The van der Waals surface area contributed by atoms with Gasteiger partial charge in [-0.15, -0.1) is 4.91 Å². The maximum absolute atomic E-state index is 9.94. The first-order valence-corrected chi connectivity index (χ1v) is 2.41. The Balaban J connectivity index is 2.63. The van der Waals surface area contributed by atoms with E-state index in [4.69, 9.17) is 0 Å². The zero-order chi connectivity index (χ0) is 7.56. The van der Waals surface area contributed by atoms with Crippen molar-refractivity contribution >= 4 is 6.02 Å². The van der Waals surface area contributed by atoms with Crippen molar-refractivity contribution in [1.29, 1.82) is 0 Å². The fraction of sp³-hybridized carbons (Fsp3) is 0.667. The molecule has 0 aromatic carbocycles. The van der Waals surface area contributed by atoms with Crippen LogP contribution in [0.4, 0.5) is 0 Å². The van der Waals surface area contributed by atoms with E-state index in [9.17, 15) is 15.0 Å². The molecule has 0 aliphatic carbocycles. The van der Waals surface area contributed by atoms with Gasteiger partial charge in [0, 0.05) is 5.18 Å². The van der Waals surface area contributed by atoms with Gasteiger partial charge in [-0.1, -0.05) is 0 Å². The van der Waals surface area contributed by atoms with Crippen molar-refractivity contribution in [3.63, 3.8) is 0 Å². The van der Waals surface area contributed by atoms with Crippen molar-refractivity contribution in [3.05, 3.63) is 15.0 Å². The summed E-state index contributed by atoms with van der Waals surface area (Å²) < 4.78 is 4.41. The van der Waals surface area contributed by atoms with Gasteiger partial charge in [-0.05, 0) is 0 Å². The van der Waals surface area contributed by atoms with E-state index >= 15 is 0 Å². The van der Waals surface area contributed by atoms with E-state index in [0.29, 0.717) is 0 Å². The van der Waals surface area contributed by atoms with E-state index < -0.39 is 17.1 Å². The Morgan fingerprint density at radius 1 is 1.90 bits per heavy atom. The van der Waals surface area contributed by atoms with Crippen LogP contribution >= 0.6 is 0 Å². The number of hydrogen-bond acceptors (Lipinski definition) is 6. The molecule has 0 aromatic rings. The van der Waals surface area contributed by atoms with Crippen LogP contribution in [0.15, 0.2) is 10.2 Å². The summed E-state index contributed by atoms with van der Waals surface area (Å²) in [5.74, 6) is 0. The number of rotatable bonds is 1. The van der Waals surface area contributed by atoms with Gasteiger partial charge in [0.05, 0.1) is 4.92 Å². The summed E-state index contributed by atoms with van der Waals surface area (Å²) in [5.41, 5.74) is 0. The standard InChI is InChI=1S/C3H3N3O4/c7-5-3-4-2(1-10-3)6(8)9/h2H,1H2. The molecule has 0 saturated heterocycles. The Kier molecular flexibility index (Phi) is 1.57. The molecule has 0 aromatic heterocycles. The van der Waals surface area contributed by atoms with Gasteiger partial charge in [0.25, 0.3) is 0 Å². The van der Waals surface area contributed by atoms with Crippen molar-refractivity contribution in [2.45, 2.75) is 6.17 Å². The van der Waals surface area contributed by atoms with Crippen LogP contribution < -0.4 is 0 Å². The molecule has 10 heavy (non-hydrogen) atoms. The zero-order valence-corrected chi connectivity index (χ0v) is 4.76. The molecule has 1 rings (SSSR count). The Bertz CT molecular complexity index is 200. The van der Waals surface area contributed by atoms with Gasteiger partial charge in [-0.2, -0.15) is 4.99 Å². The summed E-state index contributed by atoms with van der Waals surface area (Å²) in [7, 11) is 0. The minimum Gasteiger partial charge on any atom is -0.452 e. The van der Waals surface area contributed by atoms with Gasteiger partial charge in [0.1, 0.15) is 0 Å². The normalized spacial score (nSPS) is 23.2. The highest BCUT2D eigenvalue weighted by Gasteiger charge is 2.28. The largest absolute Gasteiger partial charge is 0.452 e. The van der Waals surface area contributed by atoms with E-state index in [0.717, 1.165) is 0 Å². The first-order chi connectivity index (χ1) is 4.74. The van der Waals surface area contributed by atoms with Crippen LogP contribution in [0.2, 0.25) is 0 Å². The van der Waals surface area contributed by atoms with Crippen LogP contribution in [-0.2, 0) is 4.74 Å². The molecule has 0 amide bonds. The molecule has 0 spiro atoms. The molecule has 0 radical (unpaired) electrons. The summed E-state index contributed by atoms with van der Waals surface area (Å²) in [6.07, 6.45) is -1.16. The second-order valence-corrected chi connectivity index (χ2v) is 1.58. The summed E-state index contributed by atoms with van der Waals surface area (Å²) in [5, 5.41) is 12.2. The van der Waals surface area contributed by atoms with E-state index in [2.05, 4.69) is 14.9 Å². The van der Waals surface area contributed by atoms with Crippen LogP contribution in [0.25, 0.3) is 0 Å². The molecule has 0 saturated carbocycles. The number of ether oxygens (including phenoxy) is 1. The molecular weight excluding hydrogens is 142 g/mol. The van der Waals surface area contributed by atoms with Crippen molar-refractivity contribution in [1.82, 2.24) is 0 Å². The van der Waals surface area contributed by atoms with Crippen molar-refractivity contribution in [2.24, 2.45) is 10.2 Å². The molecule has 0 N–H and O–H groups in total. The van der Waals surface area contributed by atoms with Crippen molar-refractivity contribution in [3.8, 4) is 0 Å². The third-order valence-corrected chi connectivity index (χ3v) is 0.942. The highest BCUT2D eigenvalue weighted by atomic mass is 16.6. The molecule has 1 aliphatic heterocycles. The van der Waals surface area contributed by atoms with Crippen LogP contribution in [0.1, 0.15) is 0 Å². The molecule has 1 unspecified atom stereocenters. The lowest BCUT2D eigenvalue weighted by Crippen LogP contribution is -2.17. The van der Waals surface area contributed by atoms with Gasteiger partial charge >= 0.3 is 12.2 Å². The molecule has 7 nitrogen and oxygen atoms in total. The third kappa shape index (κ3) is 1.07. The monoisotopic (exact) mass is 145 g/mol. The number of hydrogen-bond donors (Lipinski definition) is 0. The lowest BCUT2D eigenvalue weighted by atomic mass is 10.6. The first-order valence-electron chi connectivity index (χ1n) is 2.41. The molecule has 0 fully saturated rings. The maximum atomic E-state index is 9.94. The van der Waals surface area contributed by atoms with Gasteiger partial charge in [-0.25, -0.2) is 0 Å². The van der Waals surface area contributed by atoms with E-state index in [1.54, 1.807) is 0 Å². The Morgan fingerprint density at radius 3 is 2.90 bits per heavy atom. The molecule has 0 bridgehead atoms. The van der Waals surface area contributed by atoms with Gasteiger partial charge in [0.15, 0.2) is 6.61 Å². The Morgan fingerprint density at radius 2 is 2.60 bits per heavy atom. The van der Waals surface area contributed by atoms with Crippen molar-refractivity contribution < 1.29 is 9.66 Å².